The first-order valence-corrected chi connectivity index (χ1v) is 9.27. The van der Waals surface area contributed by atoms with E-state index >= 15 is 0 Å². The Morgan fingerprint density at radius 2 is 1.69 bits per heavy atom. The Morgan fingerprint density at radius 3 is 2.31 bits per heavy atom. The lowest BCUT2D eigenvalue weighted by molar-refractivity contribution is 0.0745. The van der Waals surface area contributed by atoms with Crippen LogP contribution < -0.4 is 4.90 Å². The van der Waals surface area contributed by atoms with Gasteiger partial charge in [-0.15, -0.1) is 0 Å². The Bertz CT molecular complexity index is 861. The SMILES string of the molecule is CC(=O)c1cc(F)c(N2CCN(C(=O)c3ccccc3Br)CC2)cc1C. The number of anilines is 1. The van der Waals surface area contributed by atoms with Crippen LogP contribution in [0.4, 0.5) is 10.1 Å². The highest BCUT2D eigenvalue weighted by Gasteiger charge is 2.25. The molecule has 1 saturated heterocycles. The second-order valence-corrected chi connectivity index (χ2v) is 7.29. The van der Waals surface area contributed by atoms with Crippen molar-refractivity contribution in [2.24, 2.45) is 0 Å². The second-order valence-electron chi connectivity index (χ2n) is 6.43. The number of carbonyl (C=O) groups excluding carboxylic acids is 2. The Hall–Kier alpha value is -2.21. The van der Waals surface area contributed by atoms with Crippen LogP contribution in [0.3, 0.4) is 0 Å². The molecule has 1 fully saturated rings. The van der Waals surface area contributed by atoms with E-state index in [1.807, 2.05) is 30.0 Å². The second kappa shape index (κ2) is 7.58. The molecule has 0 N–H and O–H groups in total. The maximum absolute atomic E-state index is 14.5. The molecule has 6 heteroatoms. The largest absolute Gasteiger partial charge is 0.366 e. The van der Waals surface area contributed by atoms with Gasteiger partial charge < -0.3 is 9.80 Å². The van der Waals surface area contributed by atoms with Crippen molar-refractivity contribution in [1.29, 1.82) is 0 Å². The van der Waals surface area contributed by atoms with Crippen molar-refractivity contribution in [1.82, 2.24) is 4.90 Å². The molecule has 3 rings (SSSR count). The molecule has 0 spiro atoms. The van der Waals surface area contributed by atoms with Gasteiger partial charge >= 0.3 is 0 Å². The smallest absolute Gasteiger partial charge is 0.255 e. The first-order chi connectivity index (χ1) is 12.4. The minimum Gasteiger partial charge on any atom is -0.366 e. The van der Waals surface area contributed by atoms with Crippen molar-refractivity contribution in [3.8, 4) is 0 Å². The number of hydrogen-bond donors (Lipinski definition) is 0. The Kier molecular flexibility index (Phi) is 5.41. The number of benzene rings is 2. The first kappa shape index (κ1) is 18.6. The van der Waals surface area contributed by atoms with Crippen LogP contribution in [-0.2, 0) is 0 Å². The molecule has 0 unspecified atom stereocenters. The summed E-state index contributed by atoms with van der Waals surface area (Å²) in [6, 6.07) is 10.4. The van der Waals surface area contributed by atoms with E-state index in [-0.39, 0.29) is 11.7 Å². The molecule has 1 heterocycles. The van der Waals surface area contributed by atoms with Gasteiger partial charge in [0.1, 0.15) is 5.82 Å². The zero-order valence-corrected chi connectivity index (χ0v) is 16.3. The molecule has 0 aromatic heterocycles. The van der Waals surface area contributed by atoms with Crippen molar-refractivity contribution in [3.05, 3.63) is 63.4 Å². The number of hydrogen-bond acceptors (Lipinski definition) is 3. The van der Waals surface area contributed by atoms with Crippen LogP contribution >= 0.6 is 15.9 Å². The van der Waals surface area contributed by atoms with Gasteiger partial charge in [0, 0.05) is 36.2 Å². The van der Waals surface area contributed by atoms with E-state index in [4.69, 9.17) is 0 Å². The van der Waals surface area contributed by atoms with Crippen LogP contribution in [0.5, 0.6) is 0 Å². The highest BCUT2D eigenvalue weighted by molar-refractivity contribution is 9.10. The Morgan fingerprint density at radius 1 is 1.04 bits per heavy atom. The molecule has 0 radical (unpaired) electrons. The summed E-state index contributed by atoms with van der Waals surface area (Å²) in [6.45, 7) is 5.39. The van der Waals surface area contributed by atoms with Gasteiger partial charge in [-0.05, 0) is 59.6 Å². The van der Waals surface area contributed by atoms with Gasteiger partial charge in [-0.3, -0.25) is 9.59 Å². The zero-order chi connectivity index (χ0) is 18.8. The van der Waals surface area contributed by atoms with Crippen molar-refractivity contribution in [2.75, 3.05) is 31.1 Å². The molecule has 2 aromatic rings. The van der Waals surface area contributed by atoms with E-state index < -0.39 is 5.82 Å². The highest BCUT2D eigenvalue weighted by Crippen LogP contribution is 2.26. The number of ketones is 1. The van der Waals surface area contributed by atoms with Gasteiger partial charge in [-0.1, -0.05) is 12.1 Å². The van der Waals surface area contributed by atoms with Crippen molar-refractivity contribution < 1.29 is 14.0 Å². The van der Waals surface area contributed by atoms with Crippen LogP contribution in [0, 0.1) is 12.7 Å². The molecular formula is C20H20BrFN2O2. The van der Waals surface area contributed by atoms with Crippen LogP contribution in [0.25, 0.3) is 0 Å². The van der Waals surface area contributed by atoms with Crippen LogP contribution in [0.2, 0.25) is 0 Å². The Labute approximate surface area is 160 Å². The number of aryl methyl sites for hydroxylation is 1. The summed E-state index contributed by atoms with van der Waals surface area (Å²) in [7, 11) is 0. The molecule has 0 aliphatic carbocycles. The normalized spacial score (nSPS) is 14.5. The van der Waals surface area contributed by atoms with Gasteiger partial charge in [0.15, 0.2) is 5.78 Å². The number of carbonyl (C=O) groups is 2. The molecule has 2 aromatic carbocycles. The molecule has 0 atom stereocenters. The summed E-state index contributed by atoms with van der Waals surface area (Å²) in [6.07, 6.45) is 0. The quantitative estimate of drug-likeness (QED) is 0.705. The van der Waals surface area contributed by atoms with E-state index in [2.05, 4.69) is 15.9 Å². The van der Waals surface area contributed by atoms with Crippen molar-refractivity contribution in [2.45, 2.75) is 13.8 Å². The van der Waals surface area contributed by atoms with Gasteiger partial charge in [-0.25, -0.2) is 4.39 Å². The third-order valence-electron chi connectivity index (χ3n) is 4.68. The lowest BCUT2D eigenvalue weighted by Gasteiger charge is -2.36. The molecule has 4 nitrogen and oxygen atoms in total. The maximum Gasteiger partial charge on any atom is 0.255 e. The van der Waals surface area contributed by atoms with Crippen LogP contribution in [0.15, 0.2) is 40.9 Å². The van der Waals surface area contributed by atoms with Gasteiger partial charge in [-0.2, -0.15) is 0 Å². The monoisotopic (exact) mass is 418 g/mol. The third kappa shape index (κ3) is 3.65. The predicted molar refractivity (Wildman–Crippen MR) is 103 cm³/mol. The fourth-order valence-corrected chi connectivity index (χ4v) is 3.70. The molecular weight excluding hydrogens is 399 g/mol. The van der Waals surface area contributed by atoms with E-state index in [1.54, 1.807) is 17.0 Å². The van der Waals surface area contributed by atoms with E-state index in [0.29, 0.717) is 43.0 Å². The topological polar surface area (TPSA) is 40.6 Å². The number of nitrogens with zero attached hydrogens (tertiary/aromatic N) is 2. The maximum atomic E-state index is 14.5. The molecule has 0 bridgehead atoms. The molecule has 26 heavy (non-hydrogen) atoms. The van der Waals surface area contributed by atoms with Crippen LogP contribution in [0.1, 0.15) is 33.2 Å². The predicted octanol–water partition coefficient (Wildman–Crippen LogP) is 4.06. The zero-order valence-electron chi connectivity index (χ0n) is 14.8. The van der Waals surface area contributed by atoms with E-state index in [9.17, 15) is 14.0 Å². The van der Waals surface area contributed by atoms with E-state index in [1.165, 1.54) is 13.0 Å². The molecule has 0 saturated carbocycles. The van der Waals surface area contributed by atoms with Crippen molar-refractivity contribution in [3.63, 3.8) is 0 Å². The minimum absolute atomic E-state index is 0.0271. The Balaban J connectivity index is 1.73. The third-order valence-corrected chi connectivity index (χ3v) is 5.38. The fraction of sp³-hybridized carbons (Fsp3) is 0.300. The first-order valence-electron chi connectivity index (χ1n) is 8.48. The average Bonchev–Trinajstić information content (AvgIpc) is 2.63. The van der Waals surface area contributed by atoms with E-state index in [0.717, 1.165) is 10.0 Å². The summed E-state index contributed by atoms with van der Waals surface area (Å²) in [5.74, 6) is -0.566. The number of piperazine rings is 1. The highest BCUT2D eigenvalue weighted by atomic mass is 79.9. The summed E-state index contributed by atoms with van der Waals surface area (Å²) in [5, 5.41) is 0. The molecule has 136 valence electrons. The molecule has 1 aliphatic rings. The lowest BCUT2D eigenvalue weighted by atomic mass is 10.0. The van der Waals surface area contributed by atoms with Crippen LogP contribution in [-0.4, -0.2) is 42.8 Å². The standard InChI is InChI=1S/C20H20BrFN2O2/c1-13-11-19(18(22)12-16(13)14(2)25)23-7-9-24(10-8-23)20(26)15-5-3-4-6-17(15)21/h3-6,11-12H,7-10H2,1-2H3. The number of halogens is 2. The summed E-state index contributed by atoms with van der Waals surface area (Å²) in [4.78, 5) is 27.9. The summed E-state index contributed by atoms with van der Waals surface area (Å²) in [5.41, 5.74) is 2.30. The molecule has 1 aliphatic heterocycles. The number of amides is 1. The number of rotatable bonds is 3. The van der Waals surface area contributed by atoms with Gasteiger partial charge in [0.2, 0.25) is 0 Å². The number of Topliss-reactive ketones (excluding diaryl/α,β-unsaturated/α-hetero) is 1. The molecule has 1 amide bonds. The van der Waals surface area contributed by atoms with Crippen molar-refractivity contribution >= 4 is 33.3 Å². The fourth-order valence-electron chi connectivity index (χ4n) is 3.24. The summed E-state index contributed by atoms with van der Waals surface area (Å²) >= 11 is 3.41. The lowest BCUT2D eigenvalue weighted by Crippen LogP contribution is -2.49. The summed E-state index contributed by atoms with van der Waals surface area (Å²) < 4.78 is 15.2. The minimum atomic E-state index is -0.397. The van der Waals surface area contributed by atoms with Gasteiger partial charge in [0.25, 0.3) is 5.91 Å². The van der Waals surface area contributed by atoms with Gasteiger partial charge in [0.05, 0.1) is 11.3 Å². The average molecular weight is 419 g/mol.